The Hall–Kier alpha value is -2.22. The van der Waals surface area contributed by atoms with Gasteiger partial charge in [0, 0.05) is 23.3 Å². The van der Waals surface area contributed by atoms with Crippen molar-refractivity contribution in [3.05, 3.63) is 53.3 Å². The van der Waals surface area contributed by atoms with Crippen LogP contribution in [0.25, 0.3) is 6.20 Å². The van der Waals surface area contributed by atoms with E-state index in [-0.39, 0.29) is 11.2 Å². The maximum absolute atomic E-state index is 12.2. The molecule has 2 aromatic rings. The first-order valence-corrected chi connectivity index (χ1v) is 8.71. The van der Waals surface area contributed by atoms with E-state index in [1.54, 1.807) is 30.1 Å². The molecule has 1 aromatic heterocycles. The van der Waals surface area contributed by atoms with E-state index >= 15 is 0 Å². The van der Waals surface area contributed by atoms with Gasteiger partial charge in [0.25, 0.3) is 0 Å². The molecule has 1 unspecified atom stereocenters. The van der Waals surface area contributed by atoms with Crippen LogP contribution in [0.2, 0.25) is 0 Å². The predicted molar refractivity (Wildman–Crippen MR) is 91.9 cm³/mol. The summed E-state index contributed by atoms with van der Waals surface area (Å²) in [6, 6.07) is 10.3. The smallest absolute Gasteiger partial charge is 0.422 e. The van der Waals surface area contributed by atoms with Crippen molar-refractivity contribution < 1.29 is 17.9 Å². The highest BCUT2D eigenvalue weighted by Gasteiger charge is 2.28. The first-order chi connectivity index (χ1) is 12.0. The van der Waals surface area contributed by atoms with Crippen LogP contribution >= 0.6 is 11.8 Å². The van der Waals surface area contributed by atoms with E-state index in [0.29, 0.717) is 5.49 Å². The monoisotopic (exact) mass is 367 g/mol. The second kappa shape index (κ2) is 7.35. The lowest BCUT2D eigenvalue weighted by Crippen LogP contribution is -2.42. The highest BCUT2D eigenvalue weighted by atomic mass is 32.2. The van der Waals surface area contributed by atoms with E-state index in [0.717, 1.165) is 16.7 Å². The number of anilines is 1. The van der Waals surface area contributed by atoms with Gasteiger partial charge in [0.2, 0.25) is 0 Å². The van der Waals surface area contributed by atoms with Gasteiger partial charge < -0.3 is 9.64 Å². The average molecular weight is 367 g/mol. The lowest BCUT2D eigenvalue weighted by Gasteiger charge is -2.29. The van der Waals surface area contributed by atoms with Crippen molar-refractivity contribution in [1.82, 2.24) is 4.98 Å². The molecule has 0 aliphatic carbocycles. The predicted octanol–water partition coefficient (Wildman–Crippen LogP) is 2.94. The summed E-state index contributed by atoms with van der Waals surface area (Å²) in [5, 5.41) is 0.896. The highest BCUT2D eigenvalue weighted by molar-refractivity contribution is 7.99. The molecular weight excluding hydrogens is 351 g/mol. The molecule has 4 nitrogen and oxygen atoms in total. The highest BCUT2D eigenvalue weighted by Crippen LogP contribution is 2.28. The van der Waals surface area contributed by atoms with E-state index in [9.17, 15) is 13.2 Å². The van der Waals surface area contributed by atoms with Gasteiger partial charge in [-0.1, -0.05) is 6.92 Å². The SMILES string of the molecule is CCSC1N=c2ncccc2=CN1c1ccc(OCC(F)(F)F)cc1. The lowest BCUT2D eigenvalue weighted by molar-refractivity contribution is -0.153. The van der Waals surface area contributed by atoms with E-state index < -0.39 is 12.8 Å². The number of nitrogens with zero attached hydrogens (tertiary/aromatic N) is 3. The fourth-order valence-electron chi connectivity index (χ4n) is 2.35. The van der Waals surface area contributed by atoms with Gasteiger partial charge >= 0.3 is 6.18 Å². The van der Waals surface area contributed by atoms with Gasteiger partial charge in [-0.15, -0.1) is 11.8 Å². The number of thioether (sulfide) groups is 1. The third-order valence-electron chi connectivity index (χ3n) is 3.42. The summed E-state index contributed by atoms with van der Waals surface area (Å²) in [5.74, 6) is 1.05. The Labute approximate surface area is 147 Å². The minimum absolute atomic E-state index is 0.172. The summed E-state index contributed by atoms with van der Waals surface area (Å²) < 4.78 is 41.4. The Morgan fingerprint density at radius 3 is 2.64 bits per heavy atom. The maximum Gasteiger partial charge on any atom is 0.422 e. The number of alkyl halides is 3. The molecule has 3 rings (SSSR count). The average Bonchev–Trinajstić information content (AvgIpc) is 2.59. The van der Waals surface area contributed by atoms with E-state index in [4.69, 9.17) is 4.74 Å². The zero-order valence-electron chi connectivity index (χ0n) is 13.4. The second-order valence-corrected chi connectivity index (χ2v) is 6.59. The van der Waals surface area contributed by atoms with Crippen LogP contribution in [0.1, 0.15) is 6.92 Å². The van der Waals surface area contributed by atoms with Crippen molar-refractivity contribution in [2.75, 3.05) is 17.3 Å². The first-order valence-electron chi connectivity index (χ1n) is 7.66. The van der Waals surface area contributed by atoms with Crippen LogP contribution in [0.4, 0.5) is 18.9 Å². The molecule has 0 N–H and O–H groups in total. The van der Waals surface area contributed by atoms with Gasteiger partial charge in [0.1, 0.15) is 5.75 Å². The zero-order valence-corrected chi connectivity index (χ0v) is 14.2. The Morgan fingerprint density at radius 2 is 1.96 bits per heavy atom. The summed E-state index contributed by atoms with van der Waals surface area (Å²) in [5.41, 5.74) is 1.34. The minimum atomic E-state index is -4.35. The van der Waals surface area contributed by atoms with Gasteiger partial charge in [-0.05, 0) is 42.2 Å². The zero-order chi connectivity index (χ0) is 17.9. The van der Waals surface area contributed by atoms with Crippen molar-refractivity contribution in [3.8, 4) is 5.75 Å². The van der Waals surface area contributed by atoms with Gasteiger partial charge in [-0.2, -0.15) is 13.2 Å². The number of rotatable bonds is 5. The summed E-state index contributed by atoms with van der Waals surface area (Å²) in [4.78, 5) is 10.9. The van der Waals surface area contributed by atoms with Crippen molar-refractivity contribution in [3.63, 3.8) is 0 Å². The molecule has 8 heteroatoms. The fraction of sp³-hybridized carbons (Fsp3) is 0.294. The largest absolute Gasteiger partial charge is 0.484 e. The molecule has 1 aliphatic rings. The van der Waals surface area contributed by atoms with Gasteiger partial charge in [-0.25, -0.2) is 9.98 Å². The number of aromatic nitrogens is 1. The van der Waals surface area contributed by atoms with Crippen LogP contribution < -0.4 is 20.3 Å². The summed E-state index contributed by atoms with van der Waals surface area (Å²) >= 11 is 1.64. The number of benzene rings is 1. The standard InChI is InChI=1S/C17H16F3N3OS/c1-2-25-16-22-15-12(4-3-9-21-15)10-23(16)13-5-7-14(8-6-13)24-11-17(18,19)20/h3-10,16H,2,11H2,1H3. The van der Waals surface area contributed by atoms with Crippen LogP contribution in [0.5, 0.6) is 5.75 Å². The van der Waals surface area contributed by atoms with Crippen LogP contribution in [-0.4, -0.2) is 29.0 Å². The second-order valence-electron chi connectivity index (χ2n) is 5.26. The molecule has 0 radical (unpaired) electrons. The number of hydrogen-bond donors (Lipinski definition) is 0. The van der Waals surface area contributed by atoms with Crippen molar-refractivity contribution in [2.45, 2.75) is 18.6 Å². The molecule has 0 amide bonds. The number of fused-ring (bicyclic) bond motifs is 1. The minimum Gasteiger partial charge on any atom is -0.484 e. The van der Waals surface area contributed by atoms with Crippen molar-refractivity contribution >= 4 is 23.6 Å². The van der Waals surface area contributed by atoms with E-state index in [1.165, 1.54) is 12.1 Å². The molecule has 132 valence electrons. The topological polar surface area (TPSA) is 37.7 Å². The van der Waals surface area contributed by atoms with Crippen LogP contribution in [0, 0.1) is 0 Å². The van der Waals surface area contributed by atoms with Crippen LogP contribution in [0.3, 0.4) is 0 Å². The Balaban J connectivity index is 1.85. The molecule has 0 fully saturated rings. The molecule has 0 bridgehead atoms. The molecule has 1 aliphatic heterocycles. The van der Waals surface area contributed by atoms with E-state index in [1.807, 2.05) is 30.2 Å². The number of hydrogen-bond acceptors (Lipinski definition) is 5. The Morgan fingerprint density at radius 1 is 1.20 bits per heavy atom. The van der Waals surface area contributed by atoms with Crippen LogP contribution in [-0.2, 0) is 0 Å². The number of pyridine rings is 1. The molecule has 1 atom stereocenters. The van der Waals surface area contributed by atoms with Gasteiger partial charge in [-0.3, -0.25) is 0 Å². The first kappa shape index (κ1) is 17.6. The molecule has 1 aromatic carbocycles. The maximum atomic E-state index is 12.2. The molecule has 0 saturated carbocycles. The summed E-state index contributed by atoms with van der Waals surface area (Å²) in [6.45, 7) is 0.741. The summed E-state index contributed by atoms with van der Waals surface area (Å²) in [6.07, 6.45) is -0.696. The quantitative estimate of drug-likeness (QED) is 0.814. The normalized spacial score (nSPS) is 16.6. The lowest BCUT2D eigenvalue weighted by atomic mass is 10.2. The molecule has 2 heterocycles. The fourth-order valence-corrected chi connectivity index (χ4v) is 3.16. The van der Waals surface area contributed by atoms with Crippen LogP contribution in [0.15, 0.2) is 47.6 Å². The van der Waals surface area contributed by atoms with Crippen molar-refractivity contribution in [1.29, 1.82) is 0 Å². The number of halogens is 3. The molecule has 0 saturated heterocycles. The number of ether oxygens (including phenoxy) is 1. The molecular formula is C17H16F3N3OS. The Bertz CT molecular complexity index is 839. The van der Waals surface area contributed by atoms with Gasteiger partial charge in [0.05, 0.1) is 0 Å². The third-order valence-corrected chi connectivity index (χ3v) is 4.38. The molecule has 0 spiro atoms. The third kappa shape index (κ3) is 4.45. The van der Waals surface area contributed by atoms with E-state index in [2.05, 4.69) is 9.98 Å². The van der Waals surface area contributed by atoms with Gasteiger partial charge in [0.15, 0.2) is 17.6 Å². The Kier molecular flexibility index (Phi) is 5.17. The summed E-state index contributed by atoms with van der Waals surface area (Å²) in [7, 11) is 0. The molecule has 25 heavy (non-hydrogen) atoms. The van der Waals surface area contributed by atoms with Crippen molar-refractivity contribution in [2.24, 2.45) is 4.99 Å².